The molecule has 4 heteroatoms. The molecule has 22 heavy (non-hydrogen) atoms. The third kappa shape index (κ3) is 3.89. The minimum Gasteiger partial charge on any atom is -0.497 e. The second-order valence-corrected chi connectivity index (χ2v) is 5.36. The zero-order valence-corrected chi connectivity index (χ0v) is 13.6. The molecule has 2 rings (SSSR count). The lowest BCUT2D eigenvalue weighted by Crippen LogP contribution is -2.02. The van der Waals surface area contributed by atoms with Crippen molar-refractivity contribution in [1.29, 1.82) is 0 Å². The van der Waals surface area contributed by atoms with Crippen LogP contribution in [0.5, 0.6) is 5.75 Å². The number of nitrogens with one attached hydrogen (secondary N) is 1. The highest BCUT2D eigenvalue weighted by molar-refractivity contribution is 6.31. The first-order valence-corrected chi connectivity index (χ1v) is 7.28. The molecule has 114 valence electrons. The number of hydrogen-bond donors (Lipinski definition) is 1. The smallest absolute Gasteiger partial charge is 0.187 e. The maximum atomic E-state index is 12.2. The normalized spacial score (nSPS) is 11.2. The fraction of sp³-hybridized carbons (Fsp3) is 0.167. The first-order chi connectivity index (χ1) is 10.5. The van der Waals surface area contributed by atoms with Gasteiger partial charge in [-0.25, -0.2) is 0 Å². The number of hydrogen-bond acceptors (Lipinski definition) is 3. The van der Waals surface area contributed by atoms with E-state index in [0.717, 1.165) is 22.7 Å². The molecule has 2 aromatic carbocycles. The van der Waals surface area contributed by atoms with Crippen molar-refractivity contribution in [2.24, 2.45) is 0 Å². The third-order valence-corrected chi connectivity index (χ3v) is 3.73. The van der Waals surface area contributed by atoms with E-state index in [4.69, 9.17) is 16.3 Å². The summed E-state index contributed by atoms with van der Waals surface area (Å²) in [7, 11) is 1.60. The summed E-state index contributed by atoms with van der Waals surface area (Å²) in [5.74, 6) is 0.664. The number of carbonyl (C=O) groups is 1. The molecule has 0 bridgehead atoms. The van der Waals surface area contributed by atoms with Crippen LogP contribution in [0.1, 0.15) is 22.8 Å². The molecule has 0 saturated heterocycles. The summed E-state index contributed by atoms with van der Waals surface area (Å²) in [5.41, 5.74) is 3.22. The van der Waals surface area contributed by atoms with E-state index in [1.165, 1.54) is 0 Å². The average Bonchev–Trinajstić information content (AvgIpc) is 2.52. The highest BCUT2D eigenvalue weighted by Gasteiger charge is 2.06. The van der Waals surface area contributed by atoms with Crippen molar-refractivity contribution in [3.05, 3.63) is 70.4 Å². The molecule has 3 nitrogen and oxygen atoms in total. The summed E-state index contributed by atoms with van der Waals surface area (Å²) in [6.07, 6.45) is 1.57. The number of rotatable bonds is 5. The van der Waals surface area contributed by atoms with Gasteiger partial charge in [0.1, 0.15) is 5.75 Å². The van der Waals surface area contributed by atoms with Gasteiger partial charge < -0.3 is 10.1 Å². The number of halogens is 1. The Labute approximate surface area is 135 Å². The van der Waals surface area contributed by atoms with E-state index in [-0.39, 0.29) is 5.78 Å². The predicted octanol–water partition coefficient (Wildman–Crippen LogP) is 4.86. The summed E-state index contributed by atoms with van der Waals surface area (Å²) < 4.78 is 5.08. The van der Waals surface area contributed by atoms with Crippen LogP contribution in [0, 0.1) is 6.92 Å². The first kappa shape index (κ1) is 16.1. The minimum absolute atomic E-state index is 0.0627. The van der Waals surface area contributed by atoms with Gasteiger partial charge in [0.15, 0.2) is 5.78 Å². The zero-order valence-electron chi connectivity index (χ0n) is 12.8. The van der Waals surface area contributed by atoms with Crippen molar-refractivity contribution in [3.8, 4) is 5.75 Å². The van der Waals surface area contributed by atoms with Crippen molar-refractivity contribution >= 4 is 23.1 Å². The number of anilines is 1. The van der Waals surface area contributed by atoms with E-state index < -0.39 is 0 Å². The molecule has 0 aromatic heterocycles. The van der Waals surface area contributed by atoms with Crippen LogP contribution in [0.15, 0.2) is 54.2 Å². The summed E-state index contributed by atoms with van der Waals surface area (Å²) >= 11 is 6.09. The molecule has 0 atom stereocenters. The SMILES string of the molecule is COc1ccc(C(=O)/C=C(\C)Nc2cccc(Cl)c2C)cc1. The van der Waals surface area contributed by atoms with E-state index in [0.29, 0.717) is 10.6 Å². The Hall–Kier alpha value is -2.26. The topological polar surface area (TPSA) is 38.3 Å². The summed E-state index contributed by atoms with van der Waals surface area (Å²) in [4.78, 5) is 12.2. The summed E-state index contributed by atoms with van der Waals surface area (Å²) in [5, 5.41) is 3.90. The maximum absolute atomic E-state index is 12.2. The van der Waals surface area contributed by atoms with E-state index in [9.17, 15) is 4.79 Å². The molecule has 0 radical (unpaired) electrons. The van der Waals surface area contributed by atoms with E-state index in [1.807, 2.05) is 32.0 Å². The van der Waals surface area contributed by atoms with Crippen LogP contribution < -0.4 is 10.1 Å². The highest BCUT2D eigenvalue weighted by Crippen LogP contribution is 2.24. The lowest BCUT2D eigenvalue weighted by molar-refractivity contribution is 0.104. The Morgan fingerprint density at radius 2 is 1.86 bits per heavy atom. The molecule has 0 amide bonds. The van der Waals surface area contributed by atoms with E-state index in [2.05, 4.69) is 5.32 Å². The van der Waals surface area contributed by atoms with Crippen molar-refractivity contribution in [2.75, 3.05) is 12.4 Å². The minimum atomic E-state index is -0.0627. The van der Waals surface area contributed by atoms with Crippen molar-refractivity contribution in [1.82, 2.24) is 0 Å². The van der Waals surface area contributed by atoms with E-state index in [1.54, 1.807) is 37.5 Å². The summed E-state index contributed by atoms with van der Waals surface area (Å²) in [6, 6.07) is 12.7. The maximum Gasteiger partial charge on any atom is 0.187 e. The standard InChI is InChI=1S/C18H18ClNO2/c1-12(20-17-6-4-5-16(19)13(17)2)11-18(21)14-7-9-15(22-3)10-8-14/h4-11,20H,1-3H3/b12-11+. The highest BCUT2D eigenvalue weighted by atomic mass is 35.5. The number of allylic oxidation sites excluding steroid dienone is 2. The van der Waals surface area contributed by atoms with Gasteiger partial charge >= 0.3 is 0 Å². The summed E-state index contributed by atoms with van der Waals surface area (Å²) in [6.45, 7) is 3.78. The predicted molar refractivity (Wildman–Crippen MR) is 90.9 cm³/mol. The molecule has 2 aromatic rings. The van der Waals surface area contributed by atoms with Crippen LogP contribution in [0.3, 0.4) is 0 Å². The Morgan fingerprint density at radius 3 is 2.50 bits per heavy atom. The van der Waals surface area contributed by atoms with Crippen LogP contribution in [0.25, 0.3) is 0 Å². The average molecular weight is 316 g/mol. The van der Waals surface area contributed by atoms with Crippen molar-refractivity contribution < 1.29 is 9.53 Å². The van der Waals surface area contributed by atoms with Gasteiger partial charge in [-0.2, -0.15) is 0 Å². The van der Waals surface area contributed by atoms with Crippen LogP contribution in [0.4, 0.5) is 5.69 Å². The molecule has 0 aliphatic carbocycles. The Morgan fingerprint density at radius 1 is 1.18 bits per heavy atom. The van der Waals surface area contributed by atoms with Crippen LogP contribution in [-0.4, -0.2) is 12.9 Å². The van der Waals surface area contributed by atoms with Gasteiger partial charge in [0.25, 0.3) is 0 Å². The molecule has 0 aliphatic rings. The number of ketones is 1. The van der Waals surface area contributed by atoms with E-state index >= 15 is 0 Å². The number of methoxy groups -OCH3 is 1. The van der Waals surface area contributed by atoms with Gasteiger partial charge in [-0.3, -0.25) is 4.79 Å². The molecular weight excluding hydrogens is 298 g/mol. The fourth-order valence-corrected chi connectivity index (χ4v) is 2.20. The van der Waals surface area contributed by atoms with Gasteiger partial charge in [-0.15, -0.1) is 0 Å². The Bertz CT molecular complexity index is 706. The molecule has 0 spiro atoms. The molecule has 0 heterocycles. The van der Waals surface area contributed by atoms with Gasteiger partial charge in [-0.05, 0) is 55.8 Å². The van der Waals surface area contributed by atoms with Gasteiger partial charge in [0.05, 0.1) is 7.11 Å². The molecule has 0 fully saturated rings. The number of carbonyl (C=O) groups excluding carboxylic acids is 1. The monoisotopic (exact) mass is 315 g/mol. The lowest BCUT2D eigenvalue weighted by Gasteiger charge is -2.10. The quantitative estimate of drug-likeness (QED) is 0.633. The second-order valence-electron chi connectivity index (χ2n) is 4.96. The van der Waals surface area contributed by atoms with Crippen LogP contribution in [-0.2, 0) is 0 Å². The molecule has 0 unspecified atom stereocenters. The number of ether oxygens (including phenoxy) is 1. The molecule has 0 aliphatic heterocycles. The van der Waals surface area contributed by atoms with Gasteiger partial charge in [0.2, 0.25) is 0 Å². The van der Waals surface area contributed by atoms with Crippen LogP contribution in [0.2, 0.25) is 5.02 Å². The Balaban J connectivity index is 2.13. The third-order valence-electron chi connectivity index (χ3n) is 3.32. The first-order valence-electron chi connectivity index (χ1n) is 6.90. The van der Waals surface area contributed by atoms with Gasteiger partial charge in [-0.1, -0.05) is 17.7 Å². The molecule has 0 saturated carbocycles. The van der Waals surface area contributed by atoms with Gasteiger partial charge in [0, 0.05) is 28.0 Å². The number of benzene rings is 2. The zero-order chi connectivity index (χ0) is 16.1. The Kier molecular flexibility index (Phi) is 5.23. The van der Waals surface area contributed by atoms with Crippen LogP contribution >= 0.6 is 11.6 Å². The molecular formula is C18H18ClNO2. The fourth-order valence-electron chi connectivity index (χ4n) is 2.03. The largest absolute Gasteiger partial charge is 0.497 e. The lowest BCUT2D eigenvalue weighted by atomic mass is 10.1. The molecule has 1 N–H and O–H groups in total. The van der Waals surface area contributed by atoms with Crippen molar-refractivity contribution in [2.45, 2.75) is 13.8 Å². The second kappa shape index (κ2) is 7.14. The van der Waals surface area contributed by atoms with Crippen molar-refractivity contribution in [3.63, 3.8) is 0 Å².